The second-order valence-electron chi connectivity index (χ2n) is 7.46. The van der Waals surface area contributed by atoms with E-state index in [-0.39, 0.29) is 5.91 Å². The largest absolute Gasteiger partial charge is 0.347 e. The van der Waals surface area contributed by atoms with E-state index >= 15 is 0 Å². The van der Waals surface area contributed by atoms with Crippen LogP contribution in [0.2, 0.25) is 0 Å². The Morgan fingerprint density at radius 1 is 1.19 bits per heavy atom. The molecule has 0 saturated heterocycles. The van der Waals surface area contributed by atoms with Gasteiger partial charge in [0.15, 0.2) is 0 Å². The average molecular weight is 355 g/mol. The van der Waals surface area contributed by atoms with Crippen molar-refractivity contribution in [2.75, 3.05) is 32.6 Å². The minimum absolute atomic E-state index is 0.0937. The Kier molecular flexibility index (Phi) is 5.59. The Labute approximate surface area is 155 Å². The molecular formula is C20H29N5O. The first-order valence-electron chi connectivity index (χ1n) is 9.45. The number of anilines is 1. The third-order valence-electron chi connectivity index (χ3n) is 4.83. The number of amides is 1. The van der Waals surface area contributed by atoms with Crippen LogP contribution in [0, 0.1) is 5.92 Å². The van der Waals surface area contributed by atoms with Crippen LogP contribution in [-0.2, 0) is 6.54 Å². The molecule has 2 heterocycles. The Hall–Kier alpha value is -2.37. The minimum atomic E-state index is 0.0937. The van der Waals surface area contributed by atoms with Gasteiger partial charge in [0, 0.05) is 63.9 Å². The number of carbonyl (C=O) groups is 1. The number of hydrogen-bond donors (Lipinski definition) is 0. The van der Waals surface area contributed by atoms with Gasteiger partial charge in [-0.1, -0.05) is 13.3 Å². The summed E-state index contributed by atoms with van der Waals surface area (Å²) >= 11 is 0. The van der Waals surface area contributed by atoms with Gasteiger partial charge in [-0.25, -0.2) is 9.97 Å². The summed E-state index contributed by atoms with van der Waals surface area (Å²) in [6.45, 7) is 3.85. The van der Waals surface area contributed by atoms with Crippen LogP contribution < -0.4 is 4.90 Å². The van der Waals surface area contributed by atoms with Gasteiger partial charge in [0.25, 0.3) is 5.91 Å². The summed E-state index contributed by atoms with van der Waals surface area (Å²) < 4.78 is 2.12. The third kappa shape index (κ3) is 4.23. The van der Waals surface area contributed by atoms with Crippen LogP contribution in [-0.4, -0.2) is 53.0 Å². The molecule has 0 unspecified atom stereocenters. The highest BCUT2D eigenvalue weighted by Gasteiger charge is 2.25. The Morgan fingerprint density at radius 3 is 2.46 bits per heavy atom. The number of hydrogen-bond acceptors (Lipinski definition) is 4. The Morgan fingerprint density at radius 2 is 1.88 bits per heavy atom. The predicted molar refractivity (Wildman–Crippen MR) is 104 cm³/mol. The molecule has 1 saturated carbocycles. The molecule has 1 aliphatic rings. The number of carbonyl (C=O) groups excluding carboxylic acids is 1. The lowest BCUT2D eigenvalue weighted by atomic mass is 10.2. The van der Waals surface area contributed by atoms with Crippen molar-refractivity contribution < 1.29 is 4.79 Å². The van der Waals surface area contributed by atoms with Crippen molar-refractivity contribution >= 4 is 11.9 Å². The summed E-state index contributed by atoms with van der Waals surface area (Å²) in [5, 5.41) is 0. The van der Waals surface area contributed by atoms with Gasteiger partial charge < -0.3 is 14.4 Å². The zero-order valence-electron chi connectivity index (χ0n) is 16.3. The highest BCUT2D eigenvalue weighted by molar-refractivity contribution is 5.94. The third-order valence-corrected chi connectivity index (χ3v) is 4.83. The molecule has 0 N–H and O–H groups in total. The average Bonchev–Trinajstić information content (AvgIpc) is 3.36. The summed E-state index contributed by atoms with van der Waals surface area (Å²) in [5.74, 6) is 1.48. The molecule has 3 rings (SSSR count). The Bertz CT molecular complexity index is 746. The highest BCUT2D eigenvalue weighted by Crippen LogP contribution is 2.32. The van der Waals surface area contributed by atoms with Crippen molar-refractivity contribution in [3.63, 3.8) is 0 Å². The molecule has 0 bridgehead atoms. The molecule has 0 aliphatic heterocycles. The molecule has 6 nitrogen and oxygen atoms in total. The molecule has 26 heavy (non-hydrogen) atoms. The first-order chi connectivity index (χ1) is 12.5. The smallest absolute Gasteiger partial charge is 0.270 e. The SMILES string of the molecule is CCCCN(C)C(=O)c1cc(-c2cnc(N(C)C)nc2)cn1CC1CC1. The van der Waals surface area contributed by atoms with Crippen molar-refractivity contribution in [2.45, 2.75) is 39.2 Å². The summed E-state index contributed by atoms with van der Waals surface area (Å²) in [6.07, 6.45) is 10.4. The second-order valence-corrected chi connectivity index (χ2v) is 7.46. The molecule has 0 atom stereocenters. The normalized spacial score (nSPS) is 13.7. The zero-order valence-corrected chi connectivity index (χ0v) is 16.3. The Balaban J connectivity index is 1.87. The molecule has 1 aliphatic carbocycles. The van der Waals surface area contributed by atoms with Crippen LogP contribution in [0.4, 0.5) is 5.95 Å². The quantitative estimate of drug-likeness (QED) is 0.729. The van der Waals surface area contributed by atoms with Gasteiger partial charge in [0.05, 0.1) is 0 Å². The van der Waals surface area contributed by atoms with Gasteiger partial charge in [-0.05, 0) is 31.2 Å². The second kappa shape index (κ2) is 7.89. The van der Waals surface area contributed by atoms with E-state index in [1.807, 2.05) is 49.4 Å². The lowest BCUT2D eigenvalue weighted by Crippen LogP contribution is -2.29. The lowest BCUT2D eigenvalue weighted by Gasteiger charge is -2.18. The van der Waals surface area contributed by atoms with Gasteiger partial charge in [0.1, 0.15) is 5.69 Å². The molecular weight excluding hydrogens is 326 g/mol. The topological polar surface area (TPSA) is 54.3 Å². The maximum atomic E-state index is 12.9. The first-order valence-corrected chi connectivity index (χ1v) is 9.45. The van der Waals surface area contributed by atoms with Crippen LogP contribution in [0.15, 0.2) is 24.7 Å². The van der Waals surface area contributed by atoms with Crippen molar-refractivity contribution in [2.24, 2.45) is 5.92 Å². The summed E-state index contributed by atoms with van der Waals surface area (Å²) in [4.78, 5) is 25.4. The maximum Gasteiger partial charge on any atom is 0.270 e. The molecule has 6 heteroatoms. The fourth-order valence-electron chi connectivity index (χ4n) is 2.97. The molecule has 2 aromatic heterocycles. The van der Waals surface area contributed by atoms with Gasteiger partial charge in [-0.2, -0.15) is 0 Å². The van der Waals surface area contributed by atoms with Gasteiger partial charge in [-0.15, -0.1) is 0 Å². The molecule has 1 fully saturated rings. The maximum absolute atomic E-state index is 12.9. The standard InChI is InChI=1S/C20H29N5O/c1-5-6-9-24(4)19(26)18-10-16(14-25(18)13-15-7-8-15)17-11-21-20(22-12-17)23(2)3/h10-12,14-15H,5-9,13H2,1-4H3. The predicted octanol–water partition coefficient (Wildman–Crippen LogP) is 3.29. The molecule has 1 amide bonds. The summed E-state index contributed by atoms with van der Waals surface area (Å²) in [5.41, 5.74) is 2.71. The van der Waals surface area contributed by atoms with Crippen molar-refractivity contribution in [1.82, 2.24) is 19.4 Å². The monoisotopic (exact) mass is 355 g/mol. The van der Waals surface area contributed by atoms with Crippen LogP contribution in [0.1, 0.15) is 43.1 Å². The first kappa shape index (κ1) is 18.4. The van der Waals surface area contributed by atoms with E-state index in [2.05, 4.69) is 27.7 Å². The van der Waals surface area contributed by atoms with E-state index in [4.69, 9.17) is 0 Å². The van der Waals surface area contributed by atoms with E-state index in [0.29, 0.717) is 11.9 Å². The van der Waals surface area contributed by atoms with E-state index in [9.17, 15) is 4.79 Å². The zero-order chi connectivity index (χ0) is 18.7. The van der Waals surface area contributed by atoms with Crippen LogP contribution in [0.25, 0.3) is 11.1 Å². The van der Waals surface area contributed by atoms with E-state index in [0.717, 1.165) is 42.8 Å². The van der Waals surface area contributed by atoms with E-state index in [1.165, 1.54) is 12.8 Å². The lowest BCUT2D eigenvalue weighted by molar-refractivity contribution is 0.0782. The van der Waals surface area contributed by atoms with Crippen molar-refractivity contribution in [3.05, 3.63) is 30.4 Å². The number of unbranched alkanes of at least 4 members (excludes halogenated alkanes) is 1. The van der Waals surface area contributed by atoms with Crippen LogP contribution in [0.5, 0.6) is 0 Å². The van der Waals surface area contributed by atoms with Crippen molar-refractivity contribution in [1.29, 1.82) is 0 Å². The number of aromatic nitrogens is 3. The number of rotatable bonds is 8. The number of nitrogens with zero attached hydrogens (tertiary/aromatic N) is 5. The van der Waals surface area contributed by atoms with Crippen LogP contribution >= 0.6 is 0 Å². The van der Waals surface area contributed by atoms with E-state index in [1.54, 1.807) is 0 Å². The van der Waals surface area contributed by atoms with Gasteiger partial charge >= 0.3 is 0 Å². The molecule has 140 valence electrons. The van der Waals surface area contributed by atoms with Gasteiger partial charge in [0.2, 0.25) is 5.95 Å². The van der Waals surface area contributed by atoms with Crippen molar-refractivity contribution in [3.8, 4) is 11.1 Å². The fraction of sp³-hybridized carbons (Fsp3) is 0.550. The summed E-state index contributed by atoms with van der Waals surface area (Å²) in [6, 6.07) is 1.99. The van der Waals surface area contributed by atoms with E-state index < -0.39 is 0 Å². The molecule has 2 aromatic rings. The highest BCUT2D eigenvalue weighted by atomic mass is 16.2. The fourth-order valence-corrected chi connectivity index (χ4v) is 2.97. The van der Waals surface area contributed by atoms with Gasteiger partial charge in [-0.3, -0.25) is 4.79 Å². The van der Waals surface area contributed by atoms with Crippen LogP contribution in [0.3, 0.4) is 0 Å². The summed E-state index contributed by atoms with van der Waals surface area (Å²) in [7, 11) is 5.73. The molecule has 0 spiro atoms. The molecule has 0 radical (unpaired) electrons. The minimum Gasteiger partial charge on any atom is -0.347 e. The molecule has 0 aromatic carbocycles.